The minimum atomic E-state index is -0.589. The summed E-state index contributed by atoms with van der Waals surface area (Å²) in [5, 5.41) is 9.61. The summed E-state index contributed by atoms with van der Waals surface area (Å²) in [6, 6.07) is 10.1. The molecule has 27 heavy (non-hydrogen) atoms. The Bertz CT molecular complexity index is 818. The predicted molar refractivity (Wildman–Crippen MR) is 106 cm³/mol. The molecule has 2 aliphatic rings. The molecule has 0 amide bonds. The number of rotatable bonds is 4. The standard InChI is InChI=1S/C20H23N3O3S/c1-3-25-20(24)17-13(2)26-19(22)16(12-21)18(17)14-4-6-15(7-5-14)23-8-10-27-11-9-23/h4-7,18H,3,8-11,22H2,1-2H3. The van der Waals surface area contributed by atoms with Crippen LogP contribution in [0.25, 0.3) is 0 Å². The molecule has 1 fully saturated rings. The second kappa shape index (κ2) is 8.40. The van der Waals surface area contributed by atoms with Crippen LogP contribution in [0.4, 0.5) is 5.69 Å². The molecule has 142 valence electrons. The molecule has 1 saturated heterocycles. The van der Waals surface area contributed by atoms with Crippen LogP contribution in [0.2, 0.25) is 0 Å². The number of thioether (sulfide) groups is 1. The highest BCUT2D eigenvalue weighted by atomic mass is 32.2. The molecule has 0 aromatic heterocycles. The number of benzene rings is 1. The maximum absolute atomic E-state index is 12.5. The Morgan fingerprint density at radius 3 is 2.63 bits per heavy atom. The second-order valence-electron chi connectivity index (χ2n) is 6.31. The minimum Gasteiger partial charge on any atom is -0.463 e. The fraction of sp³-hybridized carbons (Fsp3) is 0.400. The van der Waals surface area contributed by atoms with Gasteiger partial charge in [-0.25, -0.2) is 4.79 Å². The third-order valence-electron chi connectivity index (χ3n) is 4.70. The van der Waals surface area contributed by atoms with Crippen LogP contribution in [-0.4, -0.2) is 37.2 Å². The predicted octanol–water partition coefficient (Wildman–Crippen LogP) is 2.88. The van der Waals surface area contributed by atoms with Crippen molar-refractivity contribution in [3.8, 4) is 6.07 Å². The van der Waals surface area contributed by atoms with Gasteiger partial charge in [-0.1, -0.05) is 12.1 Å². The maximum Gasteiger partial charge on any atom is 0.338 e. The summed E-state index contributed by atoms with van der Waals surface area (Å²) in [4.78, 5) is 14.9. The second-order valence-corrected chi connectivity index (χ2v) is 7.53. The first-order chi connectivity index (χ1) is 13.1. The van der Waals surface area contributed by atoms with Gasteiger partial charge in [0.05, 0.1) is 18.1 Å². The Balaban J connectivity index is 1.97. The zero-order chi connectivity index (χ0) is 19.4. The monoisotopic (exact) mass is 385 g/mol. The molecule has 1 unspecified atom stereocenters. The maximum atomic E-state index is 12.5. The lowest BCUT2D eigenvalue weighted by molar-refractivity contribution is -0.139. The average Bonchev–Trinajstić information content (AvgIpc) is 2.68. The summed E-state index contributed by atoms with van der Waals surface area (Å²) in [7, 11) is 0. The lowest BCUT2D eigenvalue weighted by atomic mass is 9.83. The van der Waals surface area contributed by atoms with Gasteiger partial charge in [-0.2, -0.15) is 17.0 Å². The highest BCUT2D eigenvalue weighted by molar-refractivity contribution is 7.99. The van der Waals surface area contributed by atoms with Crippen molar-refractivity contribution in [1.82, 2.24) is 0 Å². The molecule has 0 saturated carbocycles. The van der Waals surface area contributed by atoms with Crippen molar-refractivity contribution >= 4 is 23.4 Å². The number of nitriles is 1. The van der Waals surface area contributed by atoms with Crippen LogP contribution in [0.3, 0.4) is 0 Å². The number of allylic oxidation sites excluding steroid dienone is 2. The Morgan fingerprint density at radius 1 is 1.37 bits per heavy atom. The Labute approximate surface area is 163 Å². The average molecular weight is 385 g/mol. The van der Waals surface area contributed by atoms with Gasteiger partial charge >= 0.3 is 5.97 Å². The van der Waals surface area contributed by atoms with E-state index in [0.717, 1.165) is 35.8 Å². The van der Waals surface area contributed by atoms with Crippen molar-refractivity contribution in [1.29, 1.82) is 5.26 Å². The van der Waals surface area contributed by atoms with Crippen LogP contribution in [0.1, 0.15) is 25.3 Å². The van der Waals surface area contributed by atoms with E-state index < -0.39 is 11.9 Å². The largest absolute Gasteiger partial charge is 0.463 e. The van der Waals surface area contributed by atoms with Gasteiger partial charge in [0, 0.05) is 30.3 Å². The molecule has 2 N–H and O–H groups in total. The van der Waals surface area contributed by atoms with E-state index in [1.807, 2.05) is 36.0 Å². The van der Waals surface area contributed by atoms with Crippen molar-refractivity contribution in [3.05, 3.63) is 52.6 Å². The molecule has 6 nitrogen and oxygen atoms in total. The Kier molecular flexibility index (Phi) is 5.97. The molecular formula is C20H23N3O3S. The molecule has 0 aliphatic carbocycles. The van der Waals surface area contributed by atoms with Crippen LogP contribution in [-0.2, 0) is 14.3 Å². The number of nitrogens with zero attached hydrogens (tertiary/aromatic N) is 2. The normalized spacial score (nSPS) is 20.2. The van der Waals surface area contributed by atoms with Crippen molar-refractivity contribution < 1.29 is 14.3 Å². The summed E-state index contributed by atoms with van der Waals surface area (Å²) in [5.74, 6) is 1.56. The molecule has 3 rings (SSSR count). The van der Waals surface area contributed by atoms with Crippen molar-refractivity contribution in [3.63, 3.8) is 0 Å². The van der Waals surface area contributed by atoms with E-state index >= 15 is 0 Å². The summed E-state index contributed by atoms with van der Waals surface area (Å²) in [6.45, 7) is 5.69. The number of carbonyl (C=O) groups is 1. The number of esters is 1. The first-order valence-corrected chi connectivity index (χ1v) is 10.1. The SMILES string of the molecule is CCOC(=O)C1=C(C)OC(N)=C(C#N)C1c1ccc(N2CCSCC2)cc1. The smallest absolute Gasteiger partial charge is 0.338 e. The Morgan fingerprint density at radius 2 is 2.04 bits per heavy atom. The fourth-order valence-corrected chi connectivity index (χ4v) is 4.29. The molecule has 7 heteroatoms. The summed E-state index contributed by atoms with van der Waals surface area (Å²) in [6.07, 6.45) is 0. The zero-order valence-corrected chi connectivity index (χ0v) is 16.3. The molecule has 1 atom stereocenters. The van der Waals surface area contributed by atoms with Gasteiger partial charge in [-0.05, 0) is 31.5 Å². The van der Waals surface area contributed by atoms with E-state index in [9.17, 15) is 10.1 Å². The zero-order valence-electron chi connectivity index (χ0n) is 15.5. The first kappa shape index (κ1) is 19.2. The molecule has 2 heterocycles. The summed E-state index contributed by atoms with van der Waals surface area (Å²) in [5.41, 5.74) is 8.43. The number of anilines is 1. The van der Waals surface area contributed by atoms with Gasteiger partial charge in [-0.15, -0.1) is 0 Å². The van der Waals surface area contributed by atoms with Crippen LogP contribution in [0, 0.1) is 11.3 Å². The topological polar surface area (TPSA) is 88.6 Å². The van der Waals surface area contributed by atoms with Gasteiger partial charge in [0.15, 0.2) is 0 Å². The van der Waals surface area contributed by atoms with Crippen LogP contribution in [0.15, 0.2) is 47.1 Å². The van der Waals surface area contributed by atoms with Gasteiger partial charge in [-0.3, -0.25) is 0 Å². The number of hydrogen-bond acceptors (Lipinski definition) is 7. The molecule has 0 bridgehead atoms. The molecule has 0 radical (unpaired) electrons. The van der Waals surface area contributed by atoms with Gasteiger partial charge in [0.25, 0.3) is 0 Å². The van der Waals surface area contributed by atoms with Crippen molar-refractivity contribution in [2.45, 2.75) is 19.8 Å². The molecule has 1 aromatic carbocycles. The van der Waals surface area contributed by atoms with E-state index in [4.69, 9.17) is 15.2 Å². The Hall–Kier alpha value is -2.59. The quantitative estimate of drug-likeness (QED) is 0.797. The van der Waals surface area contributed by atoms with E-state index in [2.05, 4.69) is 11.0 Å². The van der Waals surface area contributed by atoms with Gasteiger partial charge in [0.1, 0.15) is 17.4 Å². The third-order valence-corrected chi connectivity index (χ3v) is 5.65. The van der Waals surface area contributed by atoms with Crippen LogP contribution in [0.5, 0.6) is 0 Å². The van der Waals surface area contributed by atoms with Gasteiger partial charge in [0.2, 0.25) is 5.88 Å². The van der Waals surface area contributed by atoms with E-state index in [0.29, 0.717) is 11.3 Å². The summed E-state index contributed by atoms with van der Waals surface area (Å²) < 4.78 is 10.6. The highest BCUT2D eigenvalue weighted by Gasteiger charge is 2.36. The van der Waals surface area contributed by atoms with E-state index in [-0.39, 0.29) is 18.1 Å². The number of nitrogens with two attached hydrogens (primary N) is 1. The summed E-state index contributed by atoms with van der Waals surface area (Å²) >= 11 is 1.96. The lowest BCUT2D eigenvalue weighted by Gasteiger charge is -2.30. The molecule has 0 spiro atoms. The fourth-order valence-electron chi connectivity index (χ4n) is 3.39. The van der Waals surface area contributed by atoms with Crippen molar-refractivity contribution in [2.24, 2.45) is 5.73 Å². The number of ether oxygens (including phenoxy) is 2. The van der Waals surface area contributed by atoms with E-state index in [1.165, 1.54) is 0 Å². The number of hydrogen-bond donors (Lipinski definition) is 1. The third kappa shape index (κ3) is 3.91. The number of carbonyl (C=O) groups excluding carboxylic acids is 1. The van der Waals surface area contributed by atoms with Gasteiger partial charge < -0.3 is 20.1 Å². The molecule has 2 aliphatic heterocycles. The van der Waals surface area contributed by atoms with E-state index in [1.54, 1.807) is 13.8 Å². The van der Waals surface area contributed by atoms with Crippen molar-refractivity contribution in [2.75, 3.05) is 36.1 Å². The molecule has 1 aromatic rings. The minimum absolute atomic E-state index is 0.0326. The van der Waals surface area contributed by atoms with Crippen LogP contribution < -0.4 is 10.6 Å². The lowest BCUT2D eigenvalue weighted by Crippen LogP contribution is -2.32. The first-order valence-electron chi connectivity index (χ1n) is 8.95. The molecular weight excluding hydrogens is 362 g/mol. The highest BCUT2D eigenvalue weighted by Crippen LogP contribution is 2.40. The van der Waals surface area contributed by atoms with Crippen LogP contribution >= 0.6 is 11.8 Å².